The summed E-state index contributed by atoms with van der Waals surface area (Å²) in [5.74, 6) is 1.62. The molecule has 0 radical (unpaired) electrons. The van der Waals surface area contributed by atoms with Gasteiger partial charge in [-0.25, -0.2) is 23.5 Å². The van der Waals surface area contributed by atoms with Crippen molar-refractivity contribution in [3.8, 4) is 12.3 Å². The molecule has 7 N–H and O–H groups in total. The number of nitrogens with zero attached hydrogens (tertiary/aromatic N) is 3. The molecule has 0 aliphatic carbocycles. The lowest BCUT2D eigenvalue weighted by molar-refractivity contribution is -0.0458. The number of phosphoric ester groups is 1. The van der Waals surface area contributed by atoms with E-state index in [0.29, 0.717) is 4.57 Å². The van der Waals surface area contributed by atoms with Gasteiger partial charge in [-0.05, 0) is 0 Å². The van der Waals surface area contributed by atoms with Crippen LogP contribution in [0.2, 0.25) is 0 Å². The first-order valence-electron chi connectivity index (χ1n) is 7.49. The zero-order chi connectivity index (χ0) is 23.8. The number of nitrogens with two attached hydrogens (primary N) is 1. The molecule has 0 saturated carbocycles. The zero-order valence-corrected chi connectivity index (χ0v) is 18.2. The van der Waals surface area contributed by atoms with Gasteiger partial charge in [-0.15, -0.1) is 6.42 Å². The fourth-order valence-corrected chi connectivity index (χ4v) is 5.62. The first-order chi connectivity index (χ1) is 14.0. The molecule has 1 aromatic heterocycles. The van der Waals surface area contributed by atoms with Crippen LogP contribution in [0.3, 0.4) is 0 Å². The fraction of sp³-hybridized carbons (Fsp3) is 0.500. The number of alkyl halides is 1. The standard InChI is InChI=1S/C10H14ClN4O13P3/c1-2-10(11)6(16)5(26-7(10)15-4-13-8(12)14-9(15)17)3-25-30(21,22)28-31(23,24)27-29(18,19)20/h1,4-7,16H,3H2,(H,21,22)(H,23,24)(H2,12,14,17)(H2,18,19,20)/t5-,6?,7-,10?/m1/s1. The number of hydrogen-bond acceptors (Lipinski definition) is 12. The number of terminal acetylenes is 1. The molecule has 17 nitrogen and oxygen atoms in total. The molecule has 1 aliphatic rings. The van der Waals surface area contributed by atoms with E-state index in [9.17, 15) is 28.5 Å². The van der Waals surface area contributed by atoms with Crippen LogP contribution in [-0.2, 0) is 31.6 Å². The van der Waals surface area contributed by atoms with Gasteiger partial charge in [-0.2, -0.15) is 13.6 Å². The Morgan fingerprint density at radius 3 is 2.42 bits per heavy atom. The lowest BCUT2D eigenvalue weighted by Crippen LogP contribution is -2.43. The molecule has 6 atom stereocenters. The van der Waals surface area contributed by atoms with E-state index in [4.69, 9.17) is 43.2 Å². The Bertz CT molecular complexity index is 1090. The highest BCUT2D eigenvalue weighted by molar-refractivity contribution is 7.66. The zero-order valence-electron chi connectivity index (χ0n) is 14.7. The number of halogens is 1. The third-order valence-electron chi connectivity index (χ3n) is 3.48. The molecule has 21 heteroatoms. The fourth-order valence-electron chi connectivity index (χ4n) is 2.30. The van der Waals surface area contributed by atoms with E-state index in [1.165, 1.54) is 0 Å². The van der Waals surface area contributed by atoms with Crippen molar-refractivity contribution in [3.63, 3.8) is 0 Å². The molecule has 31 heavy (non-hydrogen) atoms. The van der Waals surface area contributed by atoms with Crippen LogP contribution in [-0.4, -0.2) is 62.9 Å². The maximum absolute atomic E-state index is 12.0. The molecule has 1 aliphatic heterocycles. The quantitative estimate of drug-likeness (QED) is 0.127. The van der Waals surface area contributed by atoms with Gasteiger partial charge in [-0.3, -0.25) is 9.09 Å². The number of aromatic nitrogens is 3. The van der Waals surface area contributed by atoms with Gasteiger partial charge >= 0.3 is 29.2 Å². The summed E-state index contributed by atoms with van der Waals surface area (Å²) in [6.45, 7) is -1.07. The van der Waals surface area contributed by atoms with E-state index in [0.717, 1.165) is 6.33 Å². The number of rotatable bonds is 8. The summed E-state index contributed by atoms with van der Waals surface area (Å²) >= 11 is 6.17. The lowest BCUT2D eigenvalue weighted by Gasteiger charge is -2.25. The first kappa shape index (κ1) is 26.0. The van der Waals surface area contributed by atoms with Crippen LogP contribution in [0.15, 0.2) is 11.1 Å². The van der Waals surface area contributed by atoms with Crippen molar-refractivity contribution in [1.82, 2.24) is 14.5 Å². The maximum Gasteiger partial charge on any atom is 0.490 e. The smallest absolute Gasteiger partial charge is 0.387 e. The van der Waals surface area contributed by atoms with E-state index in [2.05, 4.69) is 23.1 Å². The molecule has 1 saturated heterocycles. The summed E-state index contributed by atoms with van der Waals surface area (Å²) in [5, 5.41) is 10.4. The predicted molar refractivity (Wildman–Crippen MR) is 97.9 cm³/mol. The Hall–Kier alpha value is -1.21. The molecule has 1 aromatic rings. The van der Waals surface area contributed by atoms with Gasteiger partial charge in [0.2, 0.25) is 5.95 Å². The SMILES string of the molecule is C#CC1(Cl)C(O)[C@@H](COP(=O)(O)OP(=O)(O)OP(=O)(O)O)O[C@H]1n1cnc(N)nc1=O. The van der Waals surface area contributed by atoms with Crippen molar-refractivity contribution in [1.29, 1.82) is 0 Å². The largest absolute Gasteiger partial charge is 0.490 e. The summed E-state index contributed by atoms with van der Waals surface area (Å²) in [6.07, 6.45) is 1.10. The molecule has 0 bridgehead atoms. The molecule has 174 valence electrons. The maximum atomic E-state index is 12.0. The molecule has 1 fully saturated rings. The highest BCUT2D eigenvalue weighted by atomic mass is 35.5. The number of hydrogen-bond donors (Lipinski definition) is 6. The number of nitrogen functional groups attached to an aromatic ring is 1. The van der Waals surface area contributed by atoms with Gasteiger partial charge in [0.25, 0.3) is 0 Å². The van der Waals surface area contributed by atoms with Crippen LogP contribution in [0.4, 0.5) is 5.95 Å². The third kappa shape index (κ3) is 6.41. The van der Waals surface area contributed by atoms with Gasteiger partial charge in [0, 0.05) is 0 Å². The minimum absolute atomic E-state index is 0.384. The van der Waals surface area contributed by atoms with Crippen molar-refractivity contribution >= 4 is 41.0 Å². The molecule has 0 aromatic carbocycles. The predicted octanol–water partition coefficient (Wildman–Crippen LogP) is -1.57. The molecule has 2 heterocycles. The molecule has 0 amide bonds. The Morgan fingerprint density at radius 2 is 1.90 bits per heavy atom. The number of phosphoric acid groups is 3. The van der Waals surface area contributed by atoms with Gasteiger partial charge < -0.3 is 35.2 Å². The van der Waals surface area contributed by atoms with Crippen LogP contribution >= 0.6 is 35.1 Å². The highest BCUT2D eigenvalue weighted by Gasteiger charge is 2.56. The van der Waals surface area contributed by atoms with E-state index >= 15 is 0 Å². The van der Waals surface area contributed by atoms with Crippen molar-refractivity contribution in [3.05, 3.63) is 16.8 Å². The van der Waals surface area contributed by atoms with Crippen LogP contribution in [0, 0.1) is 12.3 Å². The van der Waals surface area contributed by atoms with Crippen molar-refractivity contribution in [2.75, 3.05) is 12.3 Å². The highest BCUT2D eigenvalue weighted by Crippen LogP contribution is 2.66. The van der Waals surface area contributed by atoms with E-state index in [1.54, 1.807) is 0 Å². The normalized spacial score (nSPS) is 30.3. The topological polar surface area (TPSA) is 263 Å². The van der Waals surface area contributed by atoms with Crippen LogP contribution < -0.4 is 11.4 Å². The lowest BCUT2D eigenvalue weighted by atomic mass is 10.00. The second kappa shape index (κ2) is 8.97. The average molecular weight is 527 g/mol. The van der Waals surface area contributed by atoms with E-state index in [1.807, 2.05) is 5.92 Å². The molecule has 4 unspecified atom stereocenters. The Morgan fingerprint density at radius 1 is 1.29 bits per heavy atom. The second-order valence-corrected chi connectivity index (χ2v) is 10.7. The van der Waals surface area contributed by atoms with Gasteiger partial charge in [0.1, 0.15) is 18.5 Å². The van der Waals surface area contributed by atoms with Crippen LogP contribution in [0.5, 0.6) is 0 Å². The minimum atomic E-state index is -5.75. The number of ether oxygens (including phenoxy) is 1. The van der Waals surface area contributed by atoms with E-state index in [-0.39, 0.29) is 5.95 Å². The summed E-state index contributed by atoms with van der Waals surface area (Å²) in [4.78, 5) is 52.3. The van der Waals surface area contributed by atoms with Gasteiger partial charge in [0.05, 0.1) is 6.61 Å². The summed E-state index contributed by atoms with van der Waals surface area (Å²) in [6, 6.07) is 0. The van der Waals surface area contributed by atoms with Gasteiger partial charge in [-0.1, -0.05) is 17.5 Å². The first-order valence-corrected chi connectivity index (χ1v) is 12.4. The van der Waals surface area contributed by atoms with Gasteiger partial charge in [0.15, 0.2) is 11.1 Å². The van der Waals surface area contributed by atoms with Crippen molar-refractivity contribution in [2.24, 2.45) is 0 Å². The van der Waals surface area contributed by atoms with Crippen LogP contribution in [0.25, 0.3) is 0 Å². The van der Waals surface area contributed by atoms with Crippen molar-refractivity contribution < 1.29 is 56.3 Å². The Labute approximate surface area is 177 Å². The summed E-state index contributed by atoms with van der Waals surface area (Å²) in [5.41, 5.74) is 4.26. The molecular weight excluding hydrogens is 513 g/mol. The Balaban J connectivity index is 2.18. The number of aliphatic hydroxyl groups excluding tert-OH is 1. The molecule has 0 spiro atoms. The average Bonchev–Trinajstić information content (AvgIpc) is 2.82. The number of aliphatic hydroxyl groups is 1. The number of anilines is 1. The second-order valence-electron chi connectivity index (χ2n) is 5.68. The third-order valence-corrected chi connectivity index (χ3v) is 7.80. The van der Waals surface area contributed by atoms with E-state index < -0.39 is 59.1 Å². The Kier molecular flexibility index (Phi) is 7.54. The summed E-state index contributed by atoms with van der Waals surface area (Å²) in [7, 11) is -16.8. The monoisotopic (exact) mass is 526 g/mol. The minimum Gasteiger partial charge on any atom is -0.387 e. The molecular formula is C10H14ClN4O13P3. The van der Waals surface area contributed by atoms with Crippen molar-refractivity contribution in [2.45, 2.75) is 23.3 Å². The molecule has 2 rings (SSSR count). The summed E-state index contributed by atoms with van der Waals surface area (Å²) < 4.78 is 51.2. The van der Waals surface area contributed by atoms with Crippen LogP contribution in [0.1, 0.15) is 6.23 Å².